The Morgan fingerprint density at radius 3 is 2.73 bits per heavy atom. The van der Waals surface area contributed by atoms with E-state index in [1.54, 1.807) is 13.1 Å². The minimum atomic E-state index is 0.0483. The van der Waals surface area contributed by atoms with Crippen molar-refractivity contribution in [3.05, 3.63) is 48.0 Å². The van der Waals surface area contributed by atoms with Gasteiger partial charge >= 0.3 is 0 Å². The van der Waals surface area contributed by atoms with Crippen LogP contribution in [-0.2, 0) is 4.79 Å². The van der Waals surface area contributed by atoms with Gasteiger partial charge in [0.2, 0.25) is 5.91 Å². The number of aromatic amines is 1. The summed E-state index contributed by atoms with van der Waals surface area (Å²) in [5.74, 6) is 3.20. The Morgan fingerprint density at radius 1 is 1.18 bits per heavy atom. The zero-order valence-electron chi connectivity index (χ0n) is 19.0. The van der Waals surface area contributed by atoms with E-state index in [0.717, 1.165) is 55.0 Å². The summed E-state index contributed by atoms with van der Waals surface area (Å²) < 4.78 is 2.14. The van der Waals surface area contributed by atoms with Crippen molar-refractivity contribution in [2.24, 2.45) is 5.92 Å². The molecule has 0 unspecified atom stereocenters. The SMILES string of the molecule is CC(=O)NC[C@H]1CC[C@H](c2nc(-c3cc4cccc(C5CC5)c4[nH]3)c3c(N)nccn32)CC1. The molecule has 1 aromatic carbocycles. The van der Waals surface area contributed by atoms with Gasteiger partial charge in [0.15, 0.2) is 0 Å². The number of hydrogen-bond acceptors (Lipinski definition) is 4. The first-order chi connectivity index (χ1) is 16.1. The van der Waals surface area contributed by atoms with E-state index < -0.39 is 0 Å². The van der Waals surface area contributed by atoms with Gasteiger partial charge in [0.05, 0.1) is 5.69 Å². The molecule has 0 spiro atoms. The van der Waals surface area contributed by atoms with E-state index >= 15 is 0 Å². The van der Waals surface area contributed by atoms with Gasteiger partial charge in [-0.2, -0.15) is 0 Å². The summed E-state index contributed by atoms with van der Waals surface area (Å²) in [6.45, 7) is 2.35. The van der Waals surface area contributed by atoms with Crippen LogP contribution < -0.4 is 11.1 Å². The molecule has 2 saturated carbocycles. The predicted molar refractivity (Wildman–Crippen MR) is 130 cm³/mol. The van der Waals surface area contributed by atoms with E-state index in [9.17, 15) is 4.79 Å². The van der Waals surface area contributed by atoms with Crippen molar-refractivity contribution >= 4 is 28.1 Å². The number of nitrogens with two attached hydrogens (primary N) is 1. The number of carbonyl (C=O) groups excluding carboxylic acids is 1. The largest absolute Gasteiger partial charge is 0.382 e. The van der Waals surface area contributed by atoms with Gasteiger partial charge in [0, 0.05) is 42.7 Å². The van der Waals surface area contributed by atoms with Crippen molar-refractivity contribution in [2.75, 3.05) is 12.3 Å². The number of fused-ring (bicyclic) bond motifs is 2. The highest BCUT2D eigenvalue weighted by Crippen LogP contribution is 2.44. The van der Waals surface area contributed by atoms with E-state index in [1.165, 1.54) is 29.3 Å². The van der Waals surface area contributed by atoms with Crippen molar-refractivity contribution < 1.29 is 4.79 Å². The molecule has 0 saturated heterocycles. The van der Waals surface area contributed by atoms with Gasteiger partial charge in [-0.1, -0.05) is 18.2 Å². The fraction of sp³-hybridized carbons (Fsp3) is 0.423. The van der Waals surface area contributed by atoms with Gasteiger partial charge < -0.3 is 16.0 Å². The Hall–Kier alpha value is -3.35. The van der Waals surface area contributed by atoms with Gasteiger partial charge in [0.1, 0.15) is 22.9 Å². The Bertz CT molecular complexity index is 1340. The van der Waals surface area contributed by atoms with E-state index in [0.29, 0.717) is 23.6 Å². The highest BCUT2D eigenvalue weighted by atomic mass is 16.1. The molecule has 7 heteroatoms. The van der Waals surface area contributed by atoms with Crippen LogP contribution in [0.15, 0.2) is 36.7 Å². The summed E-state index contributed by atoms with van der Waals surface area (Å²) in [5.41, 5.74) is 11.8. The molecule has 2 fully saturated rings. The van der Waals surface area contributed by atoms with Gasteiger partial charge in [-0.05, 0) is 62.0 Å². The van der Waals surface area contributed by atoms with Crippen molar-refractivity contribution in [2.45, 2.75) is 57.3 Å². The summed E-state index contributed by atoms with van der Waals surface area (Å²) in [6.07, 6.45) is 10.6. The average Bonchev–Trinajstić information content (AvgIpc) is 3.44. The topological polar surface area (TPSA) is 101 Å². The lowest BCUT2D eigenvalue weighted by molar-refractivity contribution is -0.119. The number of rotatable bonds is 5. The van der Waals surface area contributed by atoms with Gasteiger partial charge in [-0.15, -0.1) is 0 Å². The fourth-order valence-corrected chi connectivity index (χ4v) is 5.52. The van der Waals surface area contributed by atoms with Gasteiger partial charge in [-0.25, -0.2) is 9.97 Å². The number of hydrogen-bond donors (Lipinski definition) is 3. The van der Waals surface area contributed by atoms with Crippen LogP contribution in [0.5, 0.6) is 0 Å². The summed E-state index contributed by atoms with van der Waals surface area (Å²) in [4.78, 5) is 24.5. The molecule has 170 valence electrons. The van der Waals surface area contributed by atoms with Crippen LogP contribution in [0, 0.1) is 5.92 Å². The molecular formula is C26H30N6O. The maximum Gasteiger partial charge on any atom is 0.216 e. The highest BCUT2D eigenvalue weighted by Gasteiger charge is 2.29. The lowest BCUT2D eigenvalue weighted by Gasteiger charge is -2.27. The molecule has 0 aliphatic heterocycles. The molecule has 4 aromatic rings. The van der Waals surface area contributed by atoms with E-state index in [2.05, 4.69) is 44.0 Å². The molecule has 4 N–H and O–H groups in total. The monoisotopic (exact) mass is 442 g/mol. The first kappa shape index (κ1) is 20.3. The number of nitrogen functional groups attached to an aromatic ring is 1. The first-order valence-electron chi connectivity index (χ1n) is 12.1. The third kappa shape index (κ3) is 3.65. The van der Waals surface area contributed by atoms with Crippen molar-refractivity contribution in [1.29, 1.82) is 0 Å². The van der Waals surface area contributed by atoms with Crippen LogP contribution in [0.2, 0.25) is 0 Å². The standard InChI is InChI=1S/C26H30N6O/c1-15(33)29-14-16-5-7-18(8-6-16)26-31-23(24-25(27)28-11-12-32(24)26)21-13-19-3-2-4-20(17-9-10-17)22(19)30-21/h2-4,11-13,16-18,30H,5-10,14H2,1H3,(H2,27,28)(H,29,33)/t16-,18-. The lowest BCUT2D eigenvalue weighted by atomic mass is 9.81. The number of para-hydroxylation sites is 1. The van der Waals surface area contributed by atoms with E-state index in [-0.39, 0.29) is 5.91 Å². The van der Waals surface area contributed by atoms with E-state index in [1.807, 2.05) is 6.20 Å². The number of nitrogens with zero attached hydrogens (tertiary/aromatic N) is 3. The molecular weight excluding hydrogens is 412 g/mol. The van der Waals surface area contributed by atoms with Crippen molar-refractivity contribution in [3.63, 3.8) is 0 Å². The smallest absolute Gasteiger partial charge is 0.216 e. The molecule has 0 atom stereocenters. The molecule has 3 aromatic heterocycles. The zero-order chi connectivity index (χ0) is 22.5. The van der Waals surface area contributed by atoms with Gasteiger partial charge in [0.25, 0.3) is 0 Å². The number of benzene rings is 1. The zero-order valence-corrected chi connectivity index (χ0v) is 19.0. The summed E-state index contributed by atoms with van der Waals surface area (Å²) in [6, 6.07) is 8.76. The Kier molecular flexibility index (Phi) is 4.85. The Balaban J connectivity index is 1.37. The molecule has 3 heterocycles. The maximum absolute atomic E-state index is 11.3. The second-order valence-electron chi connectivity index (χ2n) is 9.77. The second-order valence-corrected chi connectivity index (χ2v) is 9.77. The van der Waals surface area contributed by atoms with Crippen molar-refractivity contribution in [1.82, 2.24) is 24.7 Å². The number of anilines is 1. The van der Waals surface area contributed by atoms with Crippen LogP contribution >= 0.6 is 0 Å². The minimum absolute atomic E-state index is 0.0483. The maximum atomic E-state index is 11.3. The molecule has 0 radical (unpaired) electrons. The lowest BCUT2D eigenvalue weighted by Crippen LogP contribution is -2.29. The average molecular weight is 443 g/mol. The number of aromatic nitrogens is 4. The molecule has 2 aliphatic carbocycles. The van der Waals surface area contributed by atoms with Crippen LogP contribution in [0.1, 0.15) is 68.7 Å². The van der Waals surface area contributed by atoms with E-state index in [4.69, 9.17) is 10.7 Å². The van der Waals surface area contributed by atoms with Crippen molar-refractivity contribution in [3.8, 4) is 11.4 Å². The minimum Gasteiger partial charge on any atom is -0.382 e. The summed E-state index contributed by atoms with van der Waals surface area (Å²) >= 11 is 0. The highest BCUT2D eigenvalue weighted by molar-refractivity contribution is 5.93. The van der Waals surface area contributed by atoms with Gasteiger partial charge in [-0.3, -0.25) is 9.20 Å². The first-order valence-corrected chi connectivity index (χ1v) is 12.1. The quantitative estimate of drug-likeness (QED) is 0.415. The molecule has 7 nitrogen and oxygen atoms in total. The molecule has 2 aliphatic rings. The number of nitrogens with one attached hydrogen (secondary N) is 2. The molecule has 0 bridgehead atoms. The number of amides is 1. The van der Waals surface area contributed by atoms with Crippen LogP contribution in [0.25, 0.3) is 27.8 Å². The molecule has 1 amide bonds. The summed E-state index contributed by atoms with van der Waals surface area (Å²) in [5, 5.41) is 4.19. The number of H-pyrrole nitrogens is 1. The molecule has 33 heavy (non-hydrogen) atoms. The third-order valence-corrected chi connectivity index (χ3v) is 7.42. The molecule has 6 rings (SSSR count). The number of carbonyl (C=O) groups is 1. The number of imidazole rings is 1. The van der Waals surface area contributed by atoms with Crippen LogP contribution in [0.4, 0.5) is 5.82 Å². The predicted octanol–water partition coefficient (Wildman–Crippen LogP) is 4.75. The second kappa shape index (κ2) is 7.90. The Labute approximate surface area is 192 Å². The van der Waals surface area contributed by atoms with Crippen LogP contribution in [0.3, 0.4) is 0 Å². The Morgan fingerprint density at radius 2 is 1.97 bits per heavy atom. The fourth-order valence-electron chi connectivity index (χ4n) is 5.52. The normalized spacial score (nSPS) is 21.0. The summed E-state index contributed by atoms with van der Waals surface area (Å²) in [7, 11) is 0. The van der Waals surface area contributed by atoms with Crippen LogP contribution in [-0.4, -0.2) is 31.8 Å². The third-order valence-electron chi connectivity index (χ3n) is 7.42.